The van der Waals surface area contributed by atoms with Crippen molar-refractivity contribution in [1.29, 1.82) is 0 Å². The van der Waals surface area contributed by atoms with Crippen LogP contribution in [0.2, 0.25) is 0 Å². The molecule has 0 fully saturated rings. The van der Waals surface area contributed by atoms with Gasteiger partial charge in [0.15, 0.2) is 5.52 Å². The van der Waals surface area contributed by atoms with E-state index in [0.29, 0.717) is 9.99 Å². The van der Waals surface area contributed by atoms with E-state index in [4.69, 9.17) is 0 Å². The molecular formula is C7H3BrFN3O2. The van der Waals surface area contributed by atoms with Crippen LogP contribution < -0.4 is 0 Å². The number of aromatic amines is 1. The molecule has 0 atom stereocenters. The minimum Gasteiger partial charge on any atom is -0.270 e. The van der Waals surface area contributed by atoms with E-state index in [-0.39, 0.29) is 5.52 Å². The van der Waals surface area contributed by atoms with Gasteiger partial charge in [-0.3, -0.25) is 15.2 Å². The van der Waals surface area contributed by atoms with E-state index in [0.717, 1.165) is 6.07 Å². The summed E-state index contributed by atoms with van der Waals surface area (Å²) in [5.41, 5.74) is -0.591. The van der Waals surface area contributed by atoms with Gasteiger partial charge >= 0.3 is 5.69 Å². The van der Waals surface area contributed by atoms with E-state index in [9.17, 15) is 14.5 Å². The van der Waals surface area contributed by atoms with Gasteiger partial charge in [-0.25, -0.2) is 0 Å². The number of halogens is 2. The highest BCUT2D eigenvalue weighted by Crippen LogP contribution is 2.30. The molecule has 0 unspecified atom stereocenters. The molecule has 1 heterocycles. The molecule has 1 aromatic heterocycles. The summed E-state index contributed by atoms with van der Waals surface area (Å²) in [6, 6.07) is 2.46. The summed E-state index contributed by atoms with van der Waals surface area (Å²) in [4.78, 5) is 9.75. The SMILES string of the molecule is O=[N+]([O-])c1c(F)ccc2c(Br)[nH]nc12. The van der Waals surface area contributed by atoms with E-state index in [1.165, 1.54) is 6.07 Å². The van der Waals surface area contributed by atoms with Crippen molar-refractivity contribution >= 4 is 32.5 Å². The van der Waals surface area contributed by atoms with Crippen molar-refractivity contribution in [2.75, 3.05) is 0 Å². The second-order valence-corrected chi connectivity index (χ2v) is 3.38. The van der Waals surface area contributed by atoms with E-state index in [2.05, 4.69) is 26.1 Å². The molecule has 14 heavy (non-hydrogen) atoms. The largest absolute Gasteiger partial charge is 0.332 e. The molecule has 0 amide bonds. The zero-order valence-electron chi connectivity index (χ0n) is 6.62. The lowest BCUT2D eigenvalue weighted by atomic mass is 10.2. The molecule has 2 aromatic rings. The predicted molar refractivity (Wildman–Crippen MR) is 50.4 cm³/mol. The number of fused-ring (bicyclic) bond motifs is 1. The number of H-pyrrole nitrogens is 1. The number of nitro benzene ring substituents is 1. The molecule has 7 heteroatoms. The first kappa shape index (κ1) is 9.07. The zero-order valence-corrected chi connectivity index (χ0v) is 8.21. The van der Waals surface area contributed by atoms with Gasteiger partial charge in [0.1, 0.15) is 4.60 Å². The monoisotopic (exact) mass is 259 g/mol. The third-order valence-corrected chi connectivity index (χ3v) is 2.39. The van der Waals surface area contributed by atoms with Crippen LogP contribution in [0.4, 0.5) is 10.1 Å². The van der Waals surface area contributed by atoms with E-state index in [1.807, 2.05) is 0 Å². The number of nitrogens with one attached hydrogen (secondary N) is 1. The number of hydrogen-bond donors (Lipinski definition) is 1. The summed E-state index contributed by atoms with van der Waals surface area (Å²) < 4.78 is 13.6. The lowest BCUT2D eigenvalue weighted by molar-refractivity contribution is -0.385. The lowest BCUT2D eigenvalue weighted by Crippen LogP contribution is -1.93. The maximum absolute atomic E-state index is 13.1. The van der Waals surface area contributed by atoms with Gasteiger partial charge in [0.2, 0.25) is 5.82 Å². The highest BCUT2D eigenvalue weighted by atomic mass is 79.9. The van der Waals surface area contributed by atoms with E-state index in [1.54, 1.807) is 0 Å². The third-order valence-electron chi connectivity index (χ3n) is 1.79. The Morgan fingerprint density at radius 3 is 2.93 bits per heavy atom. The number of nitro groups is 1. The van der Waals surface area contributed by atoms with Gasteiger partial charge < -0.3 is 0 Å². The van der Waals surface area contributed by atoms with Crippen LogP contribution in [0.25, 0.3) is 10.9 Å². The first-order valence-corrected chi connectivity index (χ1v) is 4.37. The summed E-state index contributed by atoms with van der Waals surface area (Å²) in [5, 5.41) is 17.2. The summed E-state index contributed by atoms with van der Waals surface area (Å²) in [5.74, 6) is -0.888. The van der Waals surface area contributed by atoms with Gasteiger partial charge in [-0.1, -0.05) is 0 Å². The summed E-state index contributed by atoms with van der Waals surface area (Å²) >= 11 is 3.11. The van der Waals surface area contributed by atoms with Gasteiger partial charge in [-0.2, -0.15) is 9.49 Å². The zero-order chi connectivity index (χ0) is 10.3. The fourth-order valence-corrected chi connectivity index (χ4v) is 1.59. The smallest absolute Gasteiger partial charge is 0.270 e. The Hall–Kier alpha value is -1.50. The molecule has 72 valence electrons. The quantitative estimate of drug-likeness (QED) is 0.631. The second kappa shape index (κ2) is 3.02. The van der Waals surface area contributed by atoms with Crippen LogP contribution in [0, 0.1) is 15.9 Å². The molecule has 0 aliphatic rings. The van der Waals surface area contributed by atoms with Gasteiger partial charge in [0, 0.05) is 5.39 Å². The standard InChI is InChI=1S/C7H3BrFN3O2/c8-7-3-1-2-4(9)6(12(13)14)5(3)10-11-7/h1-2H,(H,10,11). The highest BCUT2D eigenvalue weighted by molar-refractivity contribution is 9.10. The molecule has 0 bridgehead atoms. The average molecular weight is 260 g/mol. The third kappa shape index (κ3) is 1.17. The highest BCUT2D eigenvalue weighted by Gasteiger charge is 2.21. The number of aromatic nitrogens is 2. The summed E-state index contributed by atoms with van der Waals surface area (Å²) in [6.07, 6.45) is 0. The van der Waals surface area contributed by atoms with Crippen molar-refractivity contribution < 1.29 is 9.31 Å². The van der Waals surface area contributed by atoms with Crippen molar-refractivity contribution in [3.05, 3.63) is 32.7 Å². The number of rotatable bonds is 1. The Labute approximate surface area is 85.2 Å². The molecule has 0 aliphatic heterocycles. The molecule has 0 radical (unpaired) electrons. The van der Waals surface area contributed by atoms with Crippen LogP contribution in [0.5, 0.6) is 0 Å². The Morgan fingerprint density at radius 2 is 2.29 bits per heavy atom. The lowest BCUT2D eigenvalue weighted by Gasteiger charge is -1.93. The van der Waals surface area contributed by atoms with Crippen LogP contribution in [0.1, 0.15) is 0 Å². The van der Waals surface area contributed by atoms with Crippen LogP contribution in [0.3, 0.4) is 0 Å². The molecule has 0 saturated carbocycles. The summed E-state index contributed by atoms with van der Waals surface area (Å²) in [7, 11) is 0. The fourth-order valence-electron chi connectivity index (χ4n) is 1.18. The van der Waals surface area contributed by atoms with Gasteiger partial charge in [0.05, 0.1) is 4.92 Å². The van der Waals surface area contributed by atoms with Gasteiger partial charge in [0.25, 0.3) is 0 Å². The fraction of sp³-hybridized carbons (Fsp3) is 0. The van der Waals surface area contributed by atoms with Gasteiger partial charge in [-0.05, 0) is 28.1 Å². The summed E-state index contributed by atoms with van der Waals surface area (Å²) in [6.45, 7) is 0. The Kier molecular flexibility index (Phi) is 1.95. The van der Waals surface area contributed by atoms with Crippen molar-refractivity contribution in [2.45, 2.75) is 0 Å². The van der Waals surface area contributed by atoms with Crippen LogP contribution in [-0.4, -0.2) is 15.1 Å². The van der Waals surface area contributed by atoms with Crippen LogP contribution in [-0.2, 0) is 0 Å². The average Bonchev–Trinajstić information content (AvgIpc) is 2.47. The van der Waals surface area contributed by atoms with E-state index < -0.39 is 16.4 Å². The number of benzene rings is 1. The van der Waals surface area contributed by atoms with Crippen molar-refractivity contribution in [3.63, 3.8) is 0 Å². The Balaban J connectivity index is 2.90. The first-order chi connectivity index (χ1) is 6.61. The van der Waals surface area contributed by atoms with Crippen LogP contribution >= 0.6 is 15.9 Å². The topological polar surface area (TPSA) is 71.8 Å². The predicted octanol–water partition coefficient (Wildman–Crippen LogP) is 2.37. The molecule has 1 aromatic carbocycles. The molecule has 0 aliphatic carbocycles. The number of hydrogen-bond acceptors (Lipinski definition) is 3. The first-order valence-electron chi connectivity index (χ1n) is 3.57. The molecule has 1 N–H and O–H groups in total. The van der Waals surface area contributed by atoms with Crippen molar-refractivity contribution in [3.8, 4) is 0 Å². The van der Waals surface area contributed by atoms with Crippen LogP contribution in [0.15, 0.2) is 16.7 Å². The maximum atomic E-state index is 13.1. The molecule has 0 spiro atoms. The maximum Gasteiger partial charge on any atom is 0.332 e. The Morgan fingerprint density at radius 1 is 1.57 bits per heavy atom. The second-order valence-electron chi connectivity index (χ2n) is 2.59. The molecule has 2 rings (SSSR count). The van der Waals surface area contributed by atoms with Gasteiger partial charge in [-0.15, -0.1) is 0 Å². The van der Waals surface area contributed by atoms with Crippen molar-refractivity contribution in [1.82, 2.24) is 10.2 Å². The molecule has 5 nitrogen and oxygen atoms in total. The Bertz CT molecular complexity index is 525. The van der Waals surface area contributed by atoms with Crippen molar-refractivity contribution in [2.24, 2.45) is 0 Å². The normalized spacial score (nSPS) is 10.7. The minimum absolute atomic E-state index is 0.0156. The number of nitrogens with zero attached hydrogens (tertiary/aromatic N) is 2. The molecule has 0 saturated heterocycles. The minimum atomic E-state index is -0.888. The molecular weight excluding hydrogens is 257 g/mol. The van der Waals surface area contributed by atoms with E-state index >= 15 is 0 Å².